The summed E-state index contributed by atoms with van der Waals surface area (Å²) in [4.78, 5) is 12.8. The summed E-state index contributed by atoms with van der Waals surface area (Å²) in [6, 6.07) is 5.49. The van der Waals surface area contributed by atoms with Crippen LogP contribution in [0.25, 0.3) is 0 Å². The number of phenolic OH excluding ortho intramolecular Hbond substituents is 4. The van der Waals surface area contributed by atoms with Crippen LogP contribution < -0.4 is 4.74 Å². The molecule has 1 atom stereocenters. The third-order valence-corrected chi connectivity index (χ3v) is 5.65. The molecule has 0 amide bonds. The van der Waals surface area contributed by atoms with Crippen LogP contribution in [0.15, 0.2) is 35.9 Å². The summed E-state index contributed by atoms with van der Waals surface area (Å²) >= 11 is 0. The lowest BCUT2D eigenvalue weighted by atomic mass is 9.92. The molecule has 0 aliphatic carbocycles. The molecule has 0 saturated carbocycles. The maximum absolute atomic E-state index is 12.8. The summed E-state index contributed by atoms with van der Waals surface area (Å²) in [7, 11) is 0. The number of aromatic hydroxyl groups is 4. The molecule has 0 spiro atoms. The van der Waals surface area contributed by atoms with Gasteiger partial charge in [-0.15, -0.1) is 0 Å². The number of Topliss-reactive ketones (excluding diaryl/α,β-unsaturated/α-hetero) is 1. The van der Waals surface area contributed by atoms with Crippen molar-refractivity contribution in [2.75, 3.05) is 0 Å². The number of ether oxygens (including phenoxy) is 1. The fraction of sp³-hybridized carbons (Fsp3) is 0.400. The van der Waals surface area contributed by atoms with E-state index in [0.717, 1.165) is 18.4 Å². The Morgan fingerprint density at radius 2 is 1.84 bits per heavy atom. The smallest absolute Gasteiger partial charge is 0.174 e. The zero-order valence-electron chi connectivity index (χ0n) is 18.6. The van der Waals surface area contributed by atoms with E-state index in [2.05, 4.69) is 0 Å². The SMILES string of the molecule is C/C(=C\Cc1c(O)cc2c(c1O)C(=O)C[C@@H](c1ccc(O)c(O)c1)O2)CCCC(C)(C)O. The molecule has 1 aliphatic heterocycles. The van der Waals surface area contributed by atoms with Gasteiger partial charge in [-0.2, -0.15) is 0 Å². The first kappa shape index (κ1) is 23.5. The number of rotatable bonds is 7. The Kier molecular flexibility index (Phi) is 6.69. The molecule has 0 bridgehead atoms. The van der Waals surface area contributed by atoms with Crippen LogP contribution in [0.1, 0.15) is 74.0 Å². The summed E-state index contributed by atoms with van der Waals surface area (Å²) in [5, 5.41) is 50.2. The van der Waals surface area contributed by atoms with Gasteiger partial charge < -0.3 is 30.3 Å². The Balaban J connectivity index is 1.79. The van der Waals surface area contributed by atoms with Crippen LogP contribution in [0.4, 0.5) is 0 Å². The van der Waals surface area contributed by atoms with Crippen molar-refractivity contribution in [3.63, 3.8) is 0 Å². The number of ketones is 1. The fourth-order valence-corrected chi connectivity index (χ4v) is 3.81. The van der Waals surface area contributed by atoms with Gasteiger partial charge in [-0.05, 0) is 64.2 Å². The lowest BCUT2D eigenvalue weighted by Crippen LogP contribution is -2.21. The lowest BCUT2D eigenvalue weighted by Gasteiger charge is -2.27. The second kappa shape index (κ2) is 9.12. The quantitative estimate of drug-likeness (QED) is 0.312. The summed E-state index contributed by atoms with van der Waals surface area (Å²) in [6.45, 7) is 5.48. The van der Waals surface area contributed by atoms with Crippen molar-refractivity contribution in [3.05, 3.63) is 52.6 Å². The van der Waals surface area contributed by atoms with Crippen LogP contribution in [0.3, 0.4) is 0 Å². The van der Waals surface area contributed by atoms with Crippen molar-refractivity contribution >= 4 is 5.78 Å². The summed E-state index contributed by atoms with van der Waals surface area (Å²) < 4.78 is 5.84. The van der Waals surface area contributed by atoms with E-state index < -0.39 is 11.7 Å². The molecule has 1 heterocycles. The van der Waals surface area contributed by atoms with Crippen molar-refractivity contribution in [3.8, 4) is 28.7 Å². The average Bonchev–Trinajstić information content (AvgIpc) is 2.68. The van der Waals surface area contributed by atoms with Crippen molar-refractivity contribution in [1.82, 2.24) is 0 Å². The van der Waals surface area contributed by atoms with Crippen LogP contribution in [0, 0.1) is 0 Å². The molecule has 0 unspecified atom stereocenters. The van der Waals surface area contributed by atoms with Crippen LogP contribution in [0.5, 0.6) is 28.7 Å². The molecule has 3 rings (SSSR count). The van der Waals surface area contributed by atoms with Crippen molar-refractivity contribution in [1.29, 1.82) is 0 Å². The lowest BCUT2D eigenvalue weighted by molar-refractivity contribution is 0.0689. The molecule has 0 saturated heterocycles. The number of carbonyl (C=O) groups is 1. The Morgan fingerprint density at radius 3 is 2.50 bits per heavy atom. The molecule has 0 fully saturated rings. The van der Waals surface area contributed by atoms with Gasteiger partial charge in [0.15, 0.2) is 17.3 Å². The monoisotopic (exact) mass is 442 g/mol. The highest BCUT2D eigenvalue weighted by atomic mass is 16.5. The van der Waals surface area contributed by atoms with Crippen LogP contribution >= 0.6 is 0 Å². The van der Waals surface area contributed by atoms with Crippen LogP contribution in [-0.2, 0) is 6.42 Å². The van der Waals surface area contributed by atoms with Crippen LogP contribution in [0.2, 0.25) is 0 Å². The zero-order chi connectivity index (χ0) is 23.6. The molecule has 7 nitrogen and oxygen atoms in total. The Labute approximate surface area is 187 Å². The molecule has 0 radical (unpaired) electrons. The van der Waals surface area contributed by atoms with Crippen LogP contribution in [-0.4, -0.2) is 36.9 Å². The Morgan fingerprint density at radius 1 is 1.12 bits per heavy atom. The molecule has 5 N–H and O–H groups in total. The summed E-state index contributed by atoms with van der Waals surface area (Å²) in [5.41, 5.74) is 1.12. The minimum Gasteiger partial charge on any atom is -0.507 e. The Hall–Kier alpha value is -3.19. The van der Waals surface area contributed by atoms with E-state index in [1.807, 2.05) is 13.0 Å². The van der Waals surface area contributed by atoms with Gasteiger partial charge in [0.25, 0.3) is 0 Å². The average molecular weight is 443 g/mol. The summed E-state index contributed by atoms with van der Waals surface area (Å²) in [6.07, 6.45) is 3.63. The normalized spacial score (nSPS) is 16.6. The number of allylic oxidation sites excluding steroid dienone is 2. The second-order valence-electron chi connectivity index (χ2n) is 9.00. The fourth-order valence-electron chi connectivity index (χ4n) is 3.81. The van der Waals surface area contributed by atoms with Gasteiger partial charge in [-0.25, -0.2) is 0 Å². The predicted octanol–water partition coefficient (Wildman–Crippen LogP) is 4.65. The number of aliphatic hydroxyl groups is 1. The number of phenols is 4. The third-order valence-electron chi connectivity index (χ3n) is 5.65. The first-order valence-electron chi connectivity index (χ1n) is 10.6. The highest BCUT2D eigenvalue weighted by Gasteiger charge is 2.32. The molecule has 7 heteroatoms. The number of hydrogen-bond donors (Lipinski definition) is 5. The molecule has 2 aromatic rings. The van der Waals surface area contributed by atoms with E-state index >= 15 is 0 Å². The number of hydrogen-bond acceptors (Lipinski definition) is 7. The van der Waals surface area contributed by atoms with Crippen molar-refractivity contribution < 1.29 is 35.1 Å². The van der Waals surface area contributed by atoms with Gasteiger partial charge in [-0.1, -0.05) is 17.7 Å². The van der Waals surface area contributed by atoms with Gasteiger partial charge in [0.2, 0.25) is 0 Å². The standard InChI is InChI=1S/C25H30O7/c1-14(5-4-10-25(2,3)31)6-8-16-18(27)12-22-23(24(16)30)20(29)13-21(32-22)15-7-9-17(26)19(28)11-15/h6-7,9,11-12,21,26-28,30-31H,4-5,8,10,13H2,1-3H3/b14-6+/t21-/m0/s1. The van der Waals surface area contributed by atoms with E-state index in [1.165, 1.54) is 24.3 Å². The van der Waals surface area contributed by atoms with E-state index in [9.17, 15) is 30.3 Å². The molecular weight excluding hydrogens is 412 g/mol. The Bertz CT molecular complexity index is 1050. The third kappa shape index (κ3) is 5.34. The van der Waals surface area contributed by atoms with Gasteiger partial charge in [0, 0.05) is 11.6 Å². The van der Waals surface area contributed by atoms with E-state index in [4.69, 9.17) is 4.74 Å². The number of carbonyl (C=O) groups excluding carboxylic acids is 1. The van der Waals surface area contributed by atoms with E-state index in [0.29, 0.717) is 12.0 Å². The molecule has 32 heavy (non-hydrogen) atoms. The molecule has 1 aliphatic rings. The second-order valence-corrected chi connectivity index (χ2v) is 9.00. The van der Waals surface area contributed by atoms with Gasteiger partial charge in [-0.3, -0.25) is 4.79 Å². The largest absolute Gasteiger partial charge is 0.507 e. The molecular formula is C25H30O7. The summed E-state index contributed by atoms with van der Waals surface area (Å²) in [5.74, 6) is -1.34. The van der Waals surface area contributed by atoms with Gasteiger partial charge in [0.1, 0.15) is 28.9 Å². The molecule has 2 aromatic carbocycles. The van der Waals surface area contributed by atoms with E-state index in [1.54, 1.807) is 13.8 Å². The molecule has 0 aromatic heterocycles. The van der Waals surface area contributed by atoms with Gasteiger partial charge >= 0.3 is 0 Å². The maximum Gasteiger partial charge on any atom is 0.174 e. The first-order valence-corrected chi connectivity index (χ1v) is 10.6. The zero-order valence-corrected chi connectivity index (χ0v) is 18.6. The topological polar surface area (TPSA) is 127 Å². The maximum atomic E-state index is 12.8. The number of fused-ring (bicyclic) bond motifs is 1. The minimum atomic E-state index is -0.718. The molecule has 172 valence electrons. The van der Waals surface area contributed by atoms with Crippen molar-refractivity contribution in [2.24, 2.45) is 0 Å². The minimum absolute atomic E-state index is 0.0325. The first-order chi connectivity index (χ1) is 15.0. The van der Waals surface area contributed by atoms with Gasteiger partial charge in [0.05, 0.1) is 12.0 Å². The van der Waals surface area contributed by atoms with E-state index in [-0.39, 0.29) is 58.5 Å². The highest BCUT2D eigenvalue weighted by Crippen LogP contribution is 2.45. The predicted molar refractivity (Wildman–Crippen MR) is 119 cm³/mol. The van der Waals surface area contributed by atoms with Crippen molar-refractivity contribution in [2.45, 2.75) is 64.6 Å². The number of benzene rings is 2. The highest BCUT2D eigenvalue weighted by molar-refractivity contribution is 6.03.